The molecule has 7 nitrogen and oxygen atoms in total. The molecular formula is C24H24ClN3O4S. The van der Waals surface area contributed by atoms with Crippen LogP contribution >= 0.6 is 22.9 Å². The molecule has 1 unspecified atom stereocenters. The number of nitrogens with one attached hydrogen (secondary N) is 1. The SMILES string of the molecule is COCCc1nc(-c2ccc3c(c2)N(C(C)C(=O)Nc2ccc(C)c(Cl)c2)C(=O)CO3)cs1. The number of methoxy groups -OCH3 is 1. The summed E-state index contributed by atoms with van der Waals surface area (Å²) >= 11 is 7.74. The van der Waals surface area contributed by atoms with Crippen molar-refractivity contribution in [3.8, 4) is 17.0 Å². The Labute approximate surface area is 201 Å². The van der Waals surface area contributed by atoms with Gasteiger partial charge in [0.15, 0.2) is 6.61 Å². The number of hydrogen-bond acceptors (Lipinski definition) is 6. The zero-order valence-electron chi connectivity index (χ0n) is 18.6. The molecule has 0 aliphatic carbocycles. The number of anilines is 2. The van der Waals surface area contributed by atoms with E-state index >= 15 is 0 Å². The van der Waals surface area contributed by atoms with Crippen molar-refractivity contribution < 1.29 is 19.1 Å². The first-order chi connectivity index (χ1) is 15.9. The Bertz CT molecular complexity index is 1200. The fourth-order valence-corrected chi connectivity index (χ4v) is 4.51. The van der Waals surface area contributed by atoms with E-state index in [1.165, 1.54) is 4.90 Å². The fraction of sp³-hybridized carbons (Fsp3) is 0.292. The summed E-state index contributed by atoms with van der Waals surface area (Å²) < 4.78 is 10.7. The van der Waals surface area contributed by atoms with Crippen molar-refractivity contribution in [2.75, 3.05) is 30.5 Å². The molecule has 0 radical (unpaired) electrons. The molecule has 1 aliphatic rings. The molecule has 0 saturated carbocycles. The Morgan fingerprint density at radius 3 is 2.91 bits per heavy atom. The zero-order valence-corrected chi connectivity index (χ0v) is 20.1. The van der Waals surface area contributed by atoms with Crippen LogP contribution in [0.2, 0.25) is 5.02 Å². The average molecular weight is 486 g/mol. The number of aryl methyl sites for hydroxylation is 1. The van der Waals surface area contributed by atoms with Crippen LogP contribution in [0.4, 0.5) is 11.4 Å². The van der Waals surface area contributed by atoms with Crippen LogP contribution < -0.4 is 15.0 Å². The molecule has 33 heavy (non-hydrogen) atoms. The molecule has 0 fully saturated rings. The number of rotatable bonds is 7. The van der Waals surface area contributed by atoms with Crippen LogP contribution in [0.3, 0.4) is 0 Å². The van der Waals surface area contributed by atoms with E-state index in [9.17, 15) is 9.59 Å². The molecule has 2 amide bonds. The van der Waals surface area contributed by atoms with Crippen LogP contribution in [-0.4, -0.2) is 43.2 Å². The normalized spacial score (nSPS) is 13.9. The van der Waals surface area contributed by atoms with E-state index in [0.29, 0.717) is 28.8 Å². The van der Waals surface area contributed by atoms with Gasteiger partial charge in [-0.05, 0) is 49.7 Å². The lowest BCUT2D eigenvalue weighted by Gasteiger charge is -2.33. The van der Waals surface area contributed by atoms with Gasteiger partial charge in [0.2, 0.25) is 5.91 Å². The monoisotopic (exact) mass is 485 g/mol. The largest absolute Gasteiger partial charge is 0.482 e. The third-order valence-corrected chi connectivity index (χ3v) is 6.73. The number of amides is 2. The topological polar surface area (TPSA) is 80.8 Å². The molecule has 1 atom stereocenters. The molecule has 9 heteroatoms. The number of carbonyl (C=O) groups is 2. The second-order valence-corrected chi connectivity index (χ2v) is 9.08. The van der Waals surface area contributed by atoms with E-state index in [1.54, 1.807) is 37.5 Å². The minimum absolute atomic E-state index is 0.127. The van der Waals surface area contributed by atoms with E-state index in [4.69, 9.17) is 21.1 Å². The lowest BCUT2D eigenvalue weighted by Crippen LogP contribution is -2.49. The first-order valence-corrected chi connectivity index (χ1v) is 11.7. The molecule has 4 rings (SSSR count). The van der Waals surface area contributed by atoms with E-state index in [2.05, 4.69) is 10.3 Å². The average Bonchev–Trinajstić information content (AvgIpc) is 3.28. The molecule has 172 valence electrons. The number of halogens is 1. The third-order valence-electron chi connectivity index (χ3n) is 5.41. The zero-order chi connectivity index (χ0) is 23.5. The first-order valence-electron chi connectivity index (χ1n) is 10.5. The van der Waals surface area contributed by atoms with Crippen molar-refractivity contribution >= 4 is 46.1 Å². The summed E-state index contributed by atoms with van der Waals surface area (Å²) in [5, 5.41) is 6.35. The smallest absolute Gasteiger partial charge is 0.265 e. The predicted molar refractivity (Wildman–Crippen MR) is 130 cm³/mol. The van der Waals surface area contributed by atoms with Gasteiger partial charge in [0, 0.05) is 35.2 Å². The van der Waals surface area contributed by atoms with Crippen molar-refractivity contribution in [3.05, 3.63) is 57.4 Å². The highest BCUT2D eigenvalue weighted by atomic mass is 35.5. The number of hydrogen-bond donors (Lipinski definition) is 1. The molecular weight excluding hydrogens is 462 g/mol. The highest BCUT2D eigenvalue weighted by molar-refractivity contribution is 7.09. The van der Waals surface area contributed by atoms with Gasteiger partial charge < -0.3 is 14.8 Å². The van der Waals surface area contributed by atoms with Gasteiger partial charge in [0.1, 0.15) is 11.8 Å². The van der Waals surface area contributed by atoms with Crippen molar-refractivity contribution in [3.63, 3.8) is 0 Å². The van der Waals surface area contributed by atoms with Gasteiger partial charge in [0.25, 0.3) is 5.91 Å². The molecule has 0 saturated heterocycles. The van der Waals surface area contributed by atoms with E-state index in [-0.39, 0.29) is 18.4 Å². The summed E-state index contributed by atoms with van der Waals surface area (Å²) in [5.41, 5.74) is 3.68. The van der Waals surface area contributed by atoms with Crippen LogP contribution in [0.5, 0.6) is 5.75 Å². The van der Waals surface area contributed by atoms with Gasteiger partial charge in [-0.25, -0.2) is 4.98 Å². The molecule has 2 heterocycles. The standard InChI is InChI=1S/C24H24ClN3O4S/c1-14-4-6-17(11-18(14)25)26-24(30)15(2)28-20-10-16(5-7-21(20)32-12-23(28)29)19-13-33-22(27-19)8-9-31-3/h4-7,10-11,13,15H,8-9,12H2,1-3H3,(H,26,30). The van der Waals surface area contributed by atoms with Crippen LogP contribution in [0.15, 0.2) is 41.8 Å². The molecule has 2 aromatic carbocycles. The van der Waals surface area contributed by atoms with Crippen LogP contribution in [0, 0.1) is 6.92 Å². The minimum Gasteiger partial charge on any atom is -0.482 e. The highest BCUT2D eigenvalue weighted by Gasteiger charge is 2.33. The minimum atomic E-state index is -0.761. The Morgan fingerprint density at radius 1 is 1.33 bits per heavy atom. The Hall–Kier alpha value is -2.94. The van der Waals surface area contributed by atoms with Gasteiger partial charge in [-0.3, -0.25) is 14.5 Å². The third kappa shape index (κ3) is 5.03. The van der Waals surface area contributed by atoms with Gasteiger partial charge in [0.05, 0.1) is 23.0 Å². The fourth-order valence-electron chi connectivity index (χ4n) is 3.54. The van der Waals surface area contributed by atoms with Crippen molar-refractivity contribution in [2.24, 2.45) is 0 Å². The quantitative estimate of drug-likeness (QED) is 0.524. The van der Waals surface area contributed by atoms with Crippen molar-refractivity contribution in [2.45, 2.75) is 26.3 Å². The number of nitrogens with zero attached hydrogens (tertiary/aromatic N) is 2. The Kier molecular flexibility index (Phi) is 6.97. The summed E-state index contributed by atoms with van der Waals surface area (Å²) in [5.74, 6) is -0.0634. The van der Waals surface area contributed by atoms with Crippen LogP contribution in [0.1, 0.15) is 17.5 Å². The maximum Gasteiger partial charge on any atom is 0.265 e. The molecule has 1 aliphatic heterocycles. The second kappa shape index (κ2) is 9.91. The number of carbonyl (C=O) groups excluding carboxylic acids is 2. The van der Waals surface area contributed by atoms with E-state index < -0.39 is 6.04 Å². The highest BCUT2D eigenvalue weighted by Crippen LogP contribution is 2.37. The number of thiazole rings is 1. The maximum absolute atomic E-state index is 13.0. The maximum atomic E-state index is 13.0. The van der Waals surface area contributed by atoms with E-state index in [1.807, 2.05) is 36.6 Å². The predicted octanol–water partition coefficient (Wildman–Crippen LogP) is 4.71. The lowest BCUT2D eigenvalue weighted by molar-refractivity contribution is -0.125. The number of fused-ring (bicyclic) bond motifs is 1. The first kappa shape index (κ1) is 23.2. The van der Waals surface area contributed by atoms with Gasteiger partial charge >= 0.3 is 0 Å². The molecule has 3 aromatic rings. The molecule has 1 aromatic heterocycles. The van der Waals surface area contributed by atoms with Crippen molar-refractivity contribution in [1.29, 1.82) is 0 Å². The molecule has 1 N–H and O–H groups in total. The van der Waals surface area contributed by atoms with Crippen LogP contribution in [0.25, 0.3) is 11.3 Å². The molecule has 0 spiro atoms. The number of ether oxygens (including phenoxy) is 2. The van der Waals surface area contributed by atoms with Crippen molar-refractivity contribution in [1.82, 2.24) is 4.98 Å². The Morgan fingerprint density at radius 2 is 2.15 bits per heavy atom. The molecule has 0 bridgehead atoms. The second-order valence-electron chi connectivity index (χ2n) is 7.73. The summed E-state index contributed by atoms with van der Waals surface area (Å²) in [4.78, 5) is 31.9. The summed E-state index contributed by atoms with van der Waals surface area (Å²) in [7, 11) is 1.66. The van der Waals surface area contributed by atoms with E-state index in [0.717, 1.165) is 28.2 Å². The van der Waals surface area contributed by atoms with Crippen LogP contribution in [-0.2, 0) is 20.7 Å². The van der Waals surface area contributed by atoms with Gasteiger partial charge in [-0.1, -0.05) is 17.7 Å². The summed E-state index contributed by atoms with van der Waals surface area (Å²) in [6.07, 6.45) is 0.736. The lowest BCUT2D eigenvalue weighted by atomic mass is 10.1. The number of aromatic nitrogens is 1. The Balaban J connectivity index is 1.59. The van der Waals surface area contributed by atoms with Gasteiger partial charge in [-0.2, -0.15) is 0 Å². The summed E-state index contributed by atoms with van der Waals surface area (Å²) in [6.45, 7) is 4.06. The number of benzene rings is 2. The summed E-state index contributed by atoms with van der Waals surface area (Å²) in [6, 6.07) is 10.1. The van der Waals surface area contributed by atoms with Gasteiger partial charge in [-0.15, -0.1) is 11.3 Å².